The van der Waals surface area contributed by atoms with Crippen molar-refractivity contribution < 1.29 is 4.42 Å². The van der Waals surface area contributed by atoms with Crippen LogP contribution in [-0.4, -0.2) is 5.71 Å². The van der Waals surface area contributed by atoms with Crippen molar-refractivity contribution in [2.24, 2.45) is 5.10 Å². The molecule has 0 amide bonds. The Labute approximate surface area is 178 Å². The molecule has 4 heteroatoms. The molecule has 3 nitrogen and oxygen atoms in total. The van der Waals surface area contributed by atoms with E-state index in [2.05, 4.69) is 69.5 Å². The highest BCUT2D eigenvalue weighted by atomic mass is 79.9. The molecule has 3 aromatic carbocycles. The molecule has 1 aliphatic rings. The molecule has 1 aliphatic heterocycles. The largest absolute Gasteiger partial charge is 0.459 e. The Hall–Kier alpha value is -3.11. The van der Waals surface area contributed by atoms with E-state index in [-0.39, 0.29) is 6.04 Å². The Morgan fingerprint density at radius 2 is 1.48 bits per heavy atom. The van der Waals surface area contributed by atoms with Gasteiger partial charge in [-0.05, 0) is 35.9 Å². The average Bonchev–Trinajstić information content (AvgIpc) is 3.43. The van der Waals surface area contributed by atoms with Gasteiger partial charge >= 0.3 is 0 Å². The van der Waals surface area contributed by atoms with E-state index in [9.17, 15) is 0 Å². The van der Waals surface area contributed by atoms with E-state index in [4.69, 9.17) is 9.52 Å². The second-order valence-corrected chi connectivity index (χ2v) is 7.85. The molecular weight excluding hydrogens is 424 g/mol. The lowest BCUT2D eigenvalue weighted by atomic mass is 10.0. The van der Waals surface area contributed by atoms with Gasteiger partial charge in [0.2, 0.25) is 0 Å². The first kappa shape index (κ1) is 18.0. The van der Waals surface area contributed by atoms with Crippen LogP contribution in [0.4, 0.5) is 5.69 Å². The number of halogens is 1. The minimum Gasteiger partial charge on any atom is -0.459 e. The molecule has 5 rings (SSSR count). The maximum atomic E-state index is 6.33. The highest BCUT2D eigenvalue weighted by Gasteiger charge is 2.32. The molecule has 0 saturated heterocycles. The Morgan fingerprint density at radius 1 is 0.793 bits per heavy atom. The number of hydrazone groups is 1. The summed E-state index contributed by atoms with van der Waals surface area (Å²) < 4.78 is 7.35. The third kappa shape index (κ3) is 3.52. The Balaban J connectivity index is 1.53. The lowest BCUT2D eigenvalue weighted by Gasteiger charge is -2.21. The van der Waals surface area contributed by atoms with Crippen molar-refractivity contribution in [1.82, 2.24) is 0 Å². The maximum absolute atomic E-state index is 6.33. The predicted molar refractivity (Wildman–Crippen MR) is 121 cm³/mol. The molecule has 0 saturated carbocycles. The molecule has 4 aromatic rings. The second kappa shape index (κ2) is 7.72. The van der Waals surface area contributed by atoms with Gasteiger partial charge in [-0.1, -0.05) is 82.7 Å². The average molecular weight is 443 g/mol. The van der Waals surface area contributed by atoms with E-state index < -0.39 is 0 Å². The normalized spacial score (nSPS) is 16.1. The molecule has 1 atom stereocenters. The number of hydrogen-bond acceptors (Lipinski definition) is 3. The van der Waals surface area contributed by atoms with Crippen molar-refractivity contribution in [3.05, 3.63) is 113 Å². The zero-order chi connectivity index (χ0) is 19.6. The Morgan fingerprint density at radius 3 is 2.24 bits per heavy atom. The number of hydrogen-bond donors (Lipinski definition) is 0. The maximum Gasteiger partial charge on any atom is 0.135 e. The first-order valence-corrected chi connectivity index (χ1v) is 10.4. The summed E-state index contributed by atoms with van der Waals surface area (Å²) in [6, 6.07) is 32.9. The first-order chi connectivity index (χ1) is 14.3. The van der Waals surface area contributed by atoms with Crippen LogP contribution < -0.4 is 5.01 Å². The van der Waals surface area contributed by atoms with Crippen LogP contribution in [-0.2, 0) is 0 Å². The van der Waals surface area contributed by atoms with Crippen LogP contribution >= 0.6 is 15.9 Å². The fourth-order valence-electron chi connectivity index (χ4n) is 3.69. The molecular formula is C25H19BrN2O. The molecule has 1 unspecified atom stereocenters. The van der Waals surface area contributed by atoms with Crippen LogP contribution in [0.15, 0.2) is 111 Å². The van der Waals surface area contributed by atoms with Crippen LogP contribution in [0.25, 0.3) is 11.3 Å². The van der Waals surface area contributed by atoms with E-state index in [1.807, 2.05) is 48.5 Å². The van der Waals surface area contributed by atoms with Crippen LogP contribution in [0, 0.1) is 0 Å². The van der Waals surface area contributed by atoms with Gasteiger partial charge in [0.15, 0.2) is 0 Å². The van der Waals surface area contributed by atoms with Crippen molar-refractivity contribution in [2.75, 3.05) is 5.01 Å². The van der Waals surface area contributed by atoms with E-state index >= 15 is 0 Å². The summed E-state index contributed by atoms with van der Waals surface area (Å²) in [5, 5.41) is 7.04. The minimum atomic E-state index is 0.0174. The highest BCUT2D eigenvalue weighted by Crippen LogP contribution is 2.39. The smallest absolute Gasteiger partial charge is 0.135 e. The Kier molecular flexibility index (Phi) is 4.78. The van der Waals surface area contributed by atoms with Gasteiger partial charge in [-0.15, -0.1) is 0 Å². The monoisotopic (exact) mass is 442 g/mol. The minimum absolute atomic E-state index is 0.0174. The summed E-state index contributed by atoms with van der Waals surface area (Å²) in [5.41, 5.74) is 4.32. The molecule has 0 fully saturated rings. The number of benzene rings is 3. The van der Waals surface area contributed by atoms with E-state index in [0.29, 0.717) is 0 Å². The molecule has 0 bridgehead atoms. The Bertz CT molecular complexity index is 1150. The SMILES string of the molecule is Brc1ccccc1-c1ccc(C2CC(c3ccccc3)=NN2c2ccccc2)o1. The fourth-order valence-corrected chi connectivity index (χ4v) is 4.17. The van der Waals surface area contributed by atoms with Crippen molar-refractivity contribution in [1.29, 1.82) is 0 Å². The summed E-state index contributed by atoms with van der Waals surface area (Å²) in [4.78, 5) is 0. The number of furan rings is 1. The number of nitrogens with zero attached hydrogens (tertiary/aromatic N) is 2. The summed E-state index contributed by atoms with van der Waals surface area (Å²) in [7, 11) is 0. The first-order valence-electron chi connectivity index (χ1n) is 9.61. The zero-order valence-corrected chi connectivity index (χ0v) is 17.3. The lowest BCUT2D eigenvalue weighted by Crippen LogP contribution is -2.17. The van der Waals surface area contributed by atoms with Crippen LogP contribution in [0.5, 0.6) is 0 Å². The summed E-state index contributed by atoms with van der Waals surface area (Å²) in [6.45, 7) is 0. The highest BCUT2D eigenvalue weighted by molar-refractivity contribution is 9.10. The van der Waals surface area contributed by atoms with E-state index in [1.54, 1.807) is 0 Å². The van der Waals surface area contributed by atoms with Gasteiger partial charge in [-0.3, -0.25) is 5.01 Å². The van der Waals surface area contributed by atoms with Gasteiger partial charge in [-0.25, -0.2) is 0 Å². The van der Waals surface area contributed by atoms with Crippen LogP contribution in [0.3, 0.4) is 0 Å². The van der Waals surface area contributed by atoms with Crippen LogP contribution in [0.1, 0.15) is 23.8 Å². The molecule has 29 heavy (non-hydrogen) atoms. The van der Waals surface area contributed by atoms with Crippen molar-refractivity contribution >= 4 is 27.3 Å². The van der Waals surface area contributed by atoms with Gasteiger partial charge in [0.1, 0.15) is 17.6 Å². The quantitative estimate of drug-likeness (QED) is 0.338. The van der Waals surface area contributed by atoms with Gasteiger partial charge < -0.3 is 4.42 Å². The summed E-state index contributed by atoms with van der Waals surface area (Å²) >= 11 is 3.62. The number of para-hydroxylation sites is 1. The van der Waals surface area contributed by atoms with Crippen LogP contribution in [0.2, 0.25) is 0 Å². The van der Waals surface area contributed by atoms with Crippen molar-refractivity contribution in [2.45, 2.75) is 12.5 Å². The van der Waals surface area contributed by atoms with Gasteiger partial charge in [-0.2, -0.15) is 5.10 Å². The third-order valence-electron chi connectivity index (χ3n) is 5.13. The fraction of sp³-hybridized carbons (Fsp3) is 0.0800. The molecule has 2 heterocycles. The molecule has 0 spiro atoms. The zero-order valence-electron chi connectivity index (χ0n) is 15.7. The predicted octanol–water partition coefficient (Wildman–Crippen LogP) is 7.06. The topological polar surface area (TPSA) is 28.7 Å². The van der Waals surface area contributed by atoms with Crippen molar-refractivity contribution in [3.63, 3.8) is 0 Å². The van der Waals surface area contributed by atoms with E-state index in [1.165, 1.54) is 0 Å². The summed E-state index contributed by atoms with van der Waals surface area (Å²) in [5.74, 6) is 1.77. The second-order valence-electron chi connectivity index (χ2n) is 6.99. The third-order valence-corrected chi connectivity index (χ3v) is 5.82. The lowest BCUT2D eigenvalue weighted by molar-refractivity contribution is 0.475. The molecule has 0 aliphatic carbocycles. The van der Waals surface area contributed by atoms with E-state index in [0.717, 1.165) is 44.9 Å². The molecule has 0 radical (unpaired) electrons. The van der Waals surface area contributed by atoms with Gasteiger partial charge in [0.25, 0.3) is 0 Å². The van der Waals surface area contributed by atoms with Gasteiger partial charge in [0.05, 0.1) is 11.4 Å². The standard InChI is InChI=1S/C25H19BrN2O/c26-21-14-8-7-13-20(21)24-15-16-25(29-24)23-17-22(18-9-3-1-4-10-18)27-28(23)19-11-5-2-6-12-19/h1-16,23H,17H2. The number of anilines is 1. The summed E-state index contributed by atoms with van der Waals surface area (Å²) in [6.07, 6.45) is 0.793. The molecule has 142 valence electrons. The molecule has 1 aromatic heterocycles. The molecule has 0 N–H and O–H groups in total. The van der Waals surface area contributed by atoms with Gasteiger partial charge in [0, 0.05) is 16.5 Å². The van der Waals surface area contributed by atoms with Crippen molar-refractivity contribution in [3.8, 4) is 11.3 Å². The number of rotatable bonds is 4.